The summed E-state index contributed by atoms with van der Waals surface area (Å²) in [4.78, 5) is 17.3. The number of carbonyl (C=O) groups is 1. The van der Waals surface area contributed by atoms with Crippen LogP contribution in [-0.2, 0) is 14.5 Å². The van der Waals surface area contributed by atoms with E-state index in [9.17, 15) is 4.79 Å². The lowest BCUT2D eigenvalue weighted by molar-refractivity contribution is -0.180. The van der Waals surface area contributed by atoms with Gasteiger partial charge in [-0.05, 0) is 6.92 Å². The van der Waals surface area contributed by atoms with Crippen molar-refractivity contribution in [3.8, 4) is 0 Å². The Morgan fingerprint density at radius 2 is 2.57 bits per heavy atom. The van der Waals surface area contributed by atoms with Crippen LogP contribution >= 0.6 is 0 Å². The molecule has 41 valence electrons. The third-order valence-electron chi connectivity index (χ3n) is 0.268. The van der Waals surface area contributed by atoms with Gasteiger partial charge in [0.15, 0.2) is 0 Å². The summed E-state index contributed by atoms with van der Waals surface area (Å²) in [5.41, 5.74) is 2.84. The molecule has 1 radical (unpaired) electrons. The van der Waals surface area contributed by atoms with Gasteiger partial charge in [0.05, 0.1) is 6.61 Å². The minimum absolute atomic E-state index is 0.190. The summed E-state index contributed by atoms with van der Waals surface area (Å²) in [5, 5.41) is 0. The Morgan fingerprint density at radius 1 is 1.86 bits per heavy atom. The SMILES string of the molecule is CCO[N]OC=O. The third-order valence-corrected chi connectivity index (χ3v) is 0.268. The third kappa shape index (κ3) is 5.39. The Balaban J connectivity index is 2.56. The Bertz CT molecular complexity index is 47.4. The minimum atomic E-state index is 0.190. The van der Waals surface area contributed by atoms with Crippen LogP contribution in [0.25, 0.3) is 0 Å². The van der Waals surface area contributed by atoms with Crippen molar-refractivity contribution in [1.82, 2.24) is 5.64 Å². The van der Waals surface area contributed by atoms with Gasteiger partial charge in [-0.25, -0.2) is 4.84 Å². The molecule has 0 aliphatic heterocycles. The quantitative estimate of drug-likeness (QED) is 0.278. The molecule has 0 N–H and O–H groups in total. The second kappa shape index (κ2) is 5.39. The average Bonchev–Trinajstić information content (AvgIpc) is 1.69. The van der Waals surface area contributed by atoms with Crippen molar-refractivity contribution < 1.29 is 14.5 Å². The van der Waals surface area contributed by atoms with Crippen LogP contribution in [-0.4, -0.2) is 13.1 Å². The molecule has 0 aromatic rings. The predicted molar refractivity (Wildman–Crippen MR) is 20.9 cm³/mol. The van der Waals surface area contributed by atoms with Gasteiger partial charge in [-0.3, -0.25) is 4.79 Å². The molecule has 0 rings (SSSR count). The maximum Gasteiger partial charge on any atom is 0.317 e. The second-order valence-corrected chi connectivity index (χ2v) is 0.694. The molecule has 7 heavy (non-hydrogen) atoms. The second-order valence-electron chi connectivity index (χ2n) is 0.694. The zero-order chi connectivity index (χ0) is 5.54. The first-order valence-electron chi connectivity index (χ1n) is 1.83. The molecule has 0 aliphatic rings. The van der Waals surface area contributed by atoms with E-state index in [1.54, 1.807) is 6.92 Å². The largest absolute Gasteiger partial charge is 0.326 e. The first kappa shape index (κ1) is 6.39. The van der Waals surface area contributed by atoms with Crippen molar-refractivity contribution in [3.63, 3.8) is 0 Å². The smallest absolute Gasteiger partial charge is 0.317 e. The molecule has 0 fully saturated rings. The first-order chi connectivity index (χ1) is 3.41. The van der Waals surface area contributed by atoms with Gasteiger partial charge >= 0.3 is 6.47 Å². The van der Waals surface area contributed by atoms with E-state index in [4.69, 9.17) is 0 Å². The molecule has 0 atom stereocenters. The van der Waals surface area contributed by atoms with Gasteiger partial charge < -0.3 is 4.84 Å². The van der Waals surface area contributed by atoms with Gasteiger partial charge in [-0.1, -0.05) is 0 Å². The molecule has 0 saturated carbocycles. The molecule has 0 aromatic heterocycles. The van der Waals surface area contributed by atoms with E-state index in [0.717, 1.165) is 0 Å². The van der Waals surface area contributed by atoms with Crippen LogP contribution in [0.2, 0.25) is 0 Å². The number of carbonyl (C=O) groups excluding carboxylic acids is 1. The van der Waals surface area contributed by atoms with Crippen LogP contribution in [0.3, 0.4) is 0 Å². The molecule has 0 heterocycles. The summed E-state index contributed by atoms with van der Waals surface area (Å²) < 4.78 is 0. The molecule has 0 unspecified atom stereocenters. The summed E-state index contributed by atoms with van der Waals surface area (Å²) in [7, 11) is 0. The first-order valence-corrected chi connectivity index (χ1v) is 1.83. The zero-order valence-electron chi connectivity index (χ0n) is 3.96. The van der Waals surface area contributed by atoms with E-state index >= 15 is 0 Å². The van der Waals surface area contributed by atoms with Crippen molar-refractivity contribution in [2.75, 3.05) is 6.61 Å². The fraction of sp³-hybridized carbons (Fsp3) is 0.667. The van der Waals surface area contributed by atoms with Crippen molar-refractivity contribution in [3.05, 3.63) is 0 Å². The Morgan fingerprint density at radius 3 is 3.00 bits per heavy atom. The van der Waals surface area contributed by atoms with Crippen LogP contribution in [0, 0.1) is 0 Å². The molecule has 0 saturated heterocycles. The van der Waals surface area contributed by atoms with E-state index < -0.39 is 0 Å². The van der Waals surface area contributed by atoms with Crippen LogP contribution in [0.1, 0.15) is 6.92 Å². The van der Waals surface area contributed by atoms with E-state index in [2.05, 4.69) is 15.3 Å². The Labute approximate surface area is 41.3 Å². The van der Waals surface area contributed by atoms with Crippen molar-refractivity contribution >= 4 is 6.47 Å². The molecule has 4 nitrogen and oxygen atoms in total. The minimum Gasteiger partial charge on any atom is -0.326 e. The van der Waals surface area contributed by atoms with Crippen molar-refractivity contribution in [2.45, 2.75) is 6.92 Å². The van der Waals surface area contributed by atoms with Gasteiger partial charge in [0.2, 0.25) is 0 Å². The summed E-state index contributed by atoms with van der Waals surface area (Å²) in [6.45, 7) is 2.33. The molecular weight excluding hydrogens is 98.0 g/mol. The highest BCUT2D eigenvalue weighted by Crippen LogP contribution is 1.63. The summed E-state index contributed by atoms with van der Waals surface area (Å²) in [6, 6.07) is 0. The molecule has 0 aromatic carbocycles. The van der Waals surface area contributed by atoms with Gasteiger partial charge in [0.25, 0.3) is 0 Å². The van der Waals surface area contributed by atoms with Gasteiger partial charge in [-0.15, -0.1) is 0 Å². The van der Waals surface area contributed by atoms with Crippen LogP contribution in [0.15, 0.2) is 0 Å². The summed E-state index contributed by atoms with van der Waals surface area (Å²) in [6.07, 6.45) is 0. The summed E-state index contributed by atoms with van der Waals surface area (Å²) in [5.74, 6) is 0. The lowest BCUT2D eigenvalue weighted by Crippen LogP contribution is -2.04. The molecule has 0 bridgehead atoms. The number of rotatable bonds is 4. The Hall–Kier alpha value is -0.610. The van der Waals surface area contributed by atoms with Crippen LogP contribution < -0.4 is 5.64 Å². The standard InChI is InChI=1S/C3H6NO3/c1-2-6-4-7-3-5/h3H,2H2,1H3. The monoisotopic (exact) mass is 104 g/mol. The van der Waals surface area contributed by atoms with E-state index in [1.165, 1.54) is 0 Å². The maximum absolute atomic E-state index is 9.28. The zero-order valence-corrected chi connectivity index (χ0v) is 3.96. The maximum atomic E-state index is 9.28. The van der Waals surface area contributed by atoms with E-state index in [-0.39, 0.29) is 6.47 Å². The fourth-order valence-corrected chi connectivity index (χ4v) is 0.101. The highest BCUT2D eigenvalue weighted by molar-refractivity contribution is 5.36. The van der Waals surface area contributed by atoms with Crippen LogP contribution in [0.5, 0.6) is 0 Å². The topological polar surface area (TPSA) is 49.6 Å². The van der Waals surface area contributed by atoms with Gasteiger partial charge in [0.1, 0.15) is 5.64 Å². The lowest BCUT2D eigenvalue weighted by atomic mass is 10.9. The molecule has 4 heteroatoms. The van der Waals surface area contributed by atoms with Crippen molar-refractivity contribution in [1.29, 1.82) is 0 Å². The highest BCUT2D eigenvalue weighted by atomic mass is 16.9. The normalized spacial score (nSPS) is 8.14. The molecular formula is C3H6NO3. The lowest BCUT2D eigenvalue weighted by Gasteiger charge is -1.89. The van der Waals surface area contributed by atoms with Gasteiger partial charge in [0, 0.05) is 0 Å². The van der Waals surface area contributed by atoms with Crippen LogP contribution in [0.4, 0.5) is 0 Å². The fourth-order valence-electron chi connectivity index (χ4n) is 0.101. The molecule has 0 aliphatic carbocycles. The van der Waals surface area contributed by atoms with E-state index in [0.29, 0.717) is 6.61 Å². The number of hydrogen-bond donors (Lipinski definition) is 0. The summed E-state index contributed by atoms with van der Waals surface area (Å²) >= 11 is 0. The molecule has 0 amide bonds. The van der Waals surface area contributed by atoms with E-state index in [1.807, 2.05) is 0 Å². The van der Waals surface area contributed by atoms with Crippen molar-refractivity contribution in [2.24, 2.45) is 0 Å². The Kier molecular flexibility index (Phi) is 4.92. The number of nitrogens with zero attached hydrogens (tertiary/aromatic N) is 1. The van der Waals surface area contributed by atoms with Gasteiger partial charge in [-0.2, -0.15) is 0 Å². The predicted octanol–water partition coefficient (Wildman–Crippen LogP) is -0.370. The average molecular weight is 104 g/mol. The number of hydrogen-bond acceptors (Lipinski definition) is 3. The highest BCUT2D eigenvalue weighted by Gasteiger charge is 1.78. The molecule has 0 spiro atoms.